The van der Waals surface area contributed by atoms with E-state index in [0.29, 0.717) is 5.13 Å². The van der Waals surface area contributed by atoms with Gasteiger partial charge >= 0.3 is 0 Å². The predicted molar refractivity (Wildman–Crippen MR) is 106 cm³/mol. The van der Waals surface area contributed by atoms with Gasteiger partial charge in [0.25, 0.3) is 5.91 Å². The van der Waals surface area contributed by atoms with Crippen molar-refractivity contribution in [3.8, 4) is 5.69 Å². The molecule has 26 heavy (non-hydrogen) atoms. The van der Waals surface area contributed by atoms with E-state index in [1.165, 1.54) is 11.3 Å². The van der Waals surface area contributed by atoms with Crippen molar-refractivity contribution in [2.45, 2.75) is 0 Å². The van der Waals surface area contributed by atoms with E-state index in [-0.39, 0.29) is 5.91 Å². The Balaban J connectivity index is 1.49. The summed E-state index contributed by atoms with van der Waals surface area (Å²) in [7, 11) is 1.73. The second-order valence-corrected chi connectivity index (χ2v) is 6.76. The largest absolute Gasteiger partial charge is 0.288 e. The SMILES string of the molecule is CN(C(=O)/C=C/c1cnn(-c2ccccc2)c1)c1nc2ccccc2s1. The number of likely N-dealkylation sites (N-methyl/N-ethyl adjacent to an activating group) is 1. The summed E-state index contributed by atoms with van der Waals surface area (Å²) in [6, 6.07) is 17.7. The fourth-order valence-electron chi connectivity index (χ4n) is 2.52. The number of carbonyl (C=O) groups excluding carboxylic acids is 1. The Morgan fingerprint density at radius 3 is 2.69 bits per heavy atom. The fraction of sp³-hybridized carbons (Fsp3) is 0.0500. The lowest BCUT2D eigenvalue weighted by molar-refractivity contribution is -0.113. The number of rotatable bonds is 4. The molecule has 5 nitrogen and oxygen atoms in total. The number of benzene rings is 2. The lowest BCUT2D eigenvalue weighted by atomic mass is 10.3. The number of para-hydroxylation sites is 2. The van der Waals surface area contributed by atoms with Crippen LogP contribution in [-0.4, -0.2) is 27.7 Å². The minimum atomic E-state index is -0.128. The van der Waals surface area contributed by atoms with Crippen molar-refractivity contribution in [2.24, 2.45) is 0 Å². The lowest BCUT2D eigenvalue weighted by Gasteiger charge is -2.10. The first kappa shape index (κ1) is 16.2. The number of nitrogens with zero attached hydrogens (tertiary/aromatic N) is 4. The van der Waals surface area contributed by atoms with Gasteiger partial charge in [-0.25, -0.2) is 9.67 Å². The van der Waals surface area contributed by atoms with Gasteiger partial charge < -0.3 is 0 Å². The Hall–Kier alpha value is -3.25. The number of hydrogen-bond acceptors (Lipinski definition) is 4. The van der Waals surface area contributed by atoms with Gasteiger partial charge in [-0.1, -0.05) is 41.7 Å². The van der Waals surface area contributed by atoms with Crippen LogP contribution in [0.1, 0.15) is 5.56 Å². The van der Waals surface area contributed by atoms with Gasteiger partial charge in [-0.05, 0) is 30.3 Å². The molecule has 4 aromatic rings. The Bertz CT molecular complexity index is 1050. The molecule has 0 atom stereocenters. The highest BCUT2D eigenvalue weighted by atomic mass is 32.1. The molecule has 0 aliphatic heterocycles. The molecule has 0 saturated heterocycles. The van der Waals surface area contributed by atoms with Gasteiger partial charge in [0.15, 0.2) is 5.13 Å². The zero-order valence-corrected chi connectivity index (χ0v) is 14.9. The first-order chi connectivity index (χ1) is 12.7. The van der Waals surface area contributed by atoms with Crippen molar-refractivity contribution in [2.75, 3.05) is 11.9 Å². The summed E-state index contributed by atoms with van der Waals surface area (Å²) < 4.78 is 2.84. The molecule has 0 radical (unpaired) electrons. The van der Waals surface area contributed by atoms with Crippen LogP contribution in [0.4, 0.5) is 5.13 Å². The summed E-state index contributed by atoms with van der Waals surface area (Å²) in [6.45, 7) is 0. The maximum atomic E-state index is 12.4. The van der Waals surface area contributed by atoms with E-state index in [2.05, 4.69) is 10.1 Å². The quantitative estimate of drug-likeness (QED) is 0.514. The Labute approximate surface area is 154 Å². The Morgan fingerprint density at radius 2 is 1.88 bits per heavy atom. The summed E-state index contributed by atoms with van der Waals surface area (Å²) in [6.07, 6.45) is 6.92. The zero-order chi connectivity index (χ0) is 17.9. The molecule has 2 heterocycles. The minimum absolute atomic E-state index is 0.128. The zero-order valence-electron chi connectivity index (χ0n) is 14.1. The van der Waals surface area contributed by atoms with Gasteiger partial charge in [0.05, 0.1) is 22.1 Å². The van der Waals surface area contributed by atoms with E-state index in [4.69, 9.17) is 0 Å². The molecule has 1 amide bonds. The van der Waals surface area contributed by atoms with Crippen LogP contribution >= 0.6 is 11.3 Å². The van der Waals surface area contributed by atoms with Gasteiger partial charge in [0.2, 0.25) is 0 Å². The van der Waals surface area contributed by atoms with Crippen LogP contribution in [-0.2, 0) is 4.79 Å². The monoisotopic (exact) mass is 360 g/mol. The second-order valence-electron chi connectivity index (χ2n) is 5.75. The maximum absolute atomic E-state index is 12.4. The Morgan fingerprint density at radius 1 is 1.12 bits per heavy atom. The maximum Gasteiger partial charge on any atom is 0.252 e. The van der Waals surface area contributed by atoms with Gasteiger partial charge in [-0.3, -0.25) is 9.69 Å². The molecule has 2 aromatic carbocycles. The van der Waals surface area contributed by atoms with Crippen molar-refractivity contribution in [1.82, 2.24) is 14.8 Å². The molecule has 0 fully saturated rings. The molecule has 128 valence electrons. The van der Waals surface area contributed by atoms with Crippen LogP contribution in [0.2, 0.25) is 0 Å². The molecule has 0 bridgehead atoms. The first-order valence-electron chi connectivity index (χ1n) is 8.12. The van der Waals surface area contributed by atoms with E-state index in [1.807, 2.05) is 60.8 Å². The van der Waals surface area contributed by atoms with Gasteiger partial charge in [-0.2, -0.15) is 5.10 Å². The molecule has 0 unspecified atom stereocenters. The molecule has 0 aliphatic carbocycles. The highest BCUT2D eigenvalue weighted by Gasteiger charge is 2.13. The second kappa shape index (κ2) is 6.93. The van der Waals surface area contributed by atoms with Crippen LogP contribution in [0.25, 0.3) is 22.0 Å². The number of hydrogen-bond donors (Lipinski definition) is 0. The Kier molecular flexibility index (Phi) is 4.33. The van der Waals surface area contributed by atoms with Crippen molar-refractivity contribution in [3.05, 3.63) is 78.6 Å². The molecule has 4 rings (SSSR count). The summed E-state index contributed by atoms with van der Waals surface area (Å²) in [5.41, 5.74) is 2.74. The normalized spacial score (nSPS) is 11.3. The van der Waals surface area contributed by atoms with E-state index in [1.54, 1.807) is 35.0 Å². The van der Waals surface area contributed by atoms with Gasteiger partial charge in [-0.15, -0.1) is 0 Å². The number of fused-ring (bicyclic) bond motifs is 1. The first-order valence-corrected chi connectivity index (χ1v) is 8.94. The molecule has 0 spiro atoms. The van der Waals surface area contributed by atoms with Crippen LogP contribution in [0, 0.1) is 0 Å². The standard InChI is InChI=1S/C20H16N4OS/c1-23(20-22-17-9-5-6-10-18(17)26-20)19(25)12-11-15-13-21-24(14-15)16-7-3-2-4-8-16/h2-14H,1H3/b12-11+. The minimum Gasteiger partial charge on any atom is -0.288 e. The number of thiazole rings is 1. The number of anilines is 1. The van der Waals surface area contributed by atoms with Gasteiger partial charge in [0, 0.05) is 24.9 Å². The van der Waals surface area contributed by atoms with Gasteiger partial charge in [0.1, 0.15) is 0 Å². The topological polar surface area (TPSA) is 51.0 Å². The highest BCUT2D eigenvalue weighted by Crippen LogP contribution is 2.27. The van der Waals surface area contributed by atoms with Crippen molar-refractivity contribution in [1.29, 1.82) is 0 Å². The summed E-state index contributed by atoms with van der Waals surface area (Å²) in [4.78, 5) is 18.5. The van der Waals surface area contributed by atoms with E-state index >= 15 is 0 Å². The molecular formula is C20H16N4OS. The average molecular weight is 360 g/mol. The lowest BCUT2D eigenvalue weighted by Crippen LogP contribution is -2.23. The molecule has 6 heteroatoms. The third-order valence-electron chi connectivity index (χ3n) is 3.94. The van der Waals surface area contributed by atoms with E-state index < -0.39 is 0 Å². The molecule has 2 aromatic heterocycles. The number of amides is 1. The molecule has 0 N–H and O–H groups in total. The number of aromatic nitrogens is 3. The van der Waals surface area contributed by atoms with Crippen molar-refractivity contribution >= 4 is 38.7 Å². The smallest absolute Gasteiger partial charge is 0.252 e. The van der Waals surface area contributed by atoms with E-state index in [0.717, 1.165) is 21.5 Å². The average Bonchev–Trinajstić information content (AvgIpc) is 3.33. The molecule has 0 aliphatic rings. The highest BCUT2D eigenvalue weighted by molar-refractivity contribution is 7.22. The third kappa shape index (κ3) is 3.27. The summed E-state index contributed by atoms with van der Waals surface area (Å²) >= 11 is 1.50. The predicted octanol–water partition coefficient (Wildman–Crippen LogP) is 4.16. The summed E-state index contributed by atoms with van der Waals surface area (Å²) in [5.74, 6) is -0.128. The van der Waals surface area contributed by atoms with Crippen molar-refractivity contribution in [3.63, 3.8) is 0 Å². The summed E-state index contributed by atoms with van der Waals surface area (Å²) in [5, 5.41) is 5.01. The van der Waals surface area contributed by atoms with Crippen molar-refractivity contribution < 1.29 is 4.79 Å². The molecule has 0 saturated carbocycles. The van der Waals surface area contributed by atoms with E-state index in [9.17, 15) is 4.79 Å². The van der Waals surface area contributed by atoms with Crippen LogP contribution in [0.5, 0.6) is 0 Å². The van der Waals surface area contributed by atoms with Crippen LogP contribution in [0.15, 0.2) is 73.1 Å². The fourth-order valence-corrected chi connectivity index (χ4v) is 3.45. The number of carbonyl (C=O) groups is 1. The third-order valence-corrected chi connectivity index (χ3v) is 5.05. The van der Waals surface area contributed by atoms with Crippen LogP contribution in [0.3, 0.4) is 0 Å². The molecular weight excluding hydrogens is 344 g/mol. The van der Waals surface area contributed by atoms with Crippen LogP contribution < -0.4 is 4.90 Å².